The second-order valence-corrected chi connectivity index (χ2v) is 5.19. The Labute approximate surface area is 123 Å². The Balaban J connectivity index is 2.29. The van der Waals surface area contributed by atoms with Gasteiger partial charge >= 0.3 is 0 Å². The van der Waals surface area contributed by atoms with Gasteiger partial charge in [0.1, 0.15) is 5.56 Å². The van der Waals surface area contributed by atoms with Crippen molar-refractivity contribution < 1.29 is 9.72 Å². The summed E-state index contributed by atoms with van der Waals surface area (Å²) in [5.74, 6) is 5.03. The first-order valence-electron chi connectivity index (χ1n) is 7.18. The number of nitrogen functional groups attached to an aromatic ring is 1. The van der Waals surface area contributed by atoms with E-state index in [-0.39, 0.29) is 17.2 Å². The molecule has 1 amide bonds. The molecule has 2 rings (SSSR count). The molecule has 1 aromatic carbocycles. The Morgan fingerprint density at radius 1 is 1.19 bits per heavy atom. The second-order valence-electron chi connectivity index (χ2n) is 5.19. The molecule has 0 spiro atoms. The summed E-state index contributed by atoms with van der Waals surface area (Å²) in [6.07, 6.45) is 5.25. The standard InChI is InChI=1S/C14H20N4O3/c15-16-11-6-7-13(18(20)21)12(10-11)14(19)17-8-4-2-1-3-5-9-17/h6-7,10,16H,1-5,8-9,15H2. The molecule has 1 aromatic rings. The molecule has 0 radical (unpaired) electrons. The third kappa shape index (κ3) is 3.69. The van der Waals surface area contributed by atoms with Gasteiger partial charge in [0, 0.05) is 24.8 Å². The molecule has 0 aliphatic carbocycles. The number of hydrogen-bond acceptors (Lipinski definition) is 5. The van der Waals surface area contributed by atoms with E-state index >= 15 is 0 Å². The van der Waals surface area contributed by atoms with Gasteiger partial charge in [-0.15, -0.1) is 0 Å². The molecule has 0 bridgehead atoms. The number of benzene rings is 1. The van der Waals surface area contributed by atoms with Crippen LogP contribution in [0.3, 0.4) is 0 Å². The molecule has 1 heterocycles. The summed E-state index contributed by atoms with van der Waals surface area (Å²) in [7, 11) is 0. The zero-order chi connectivity index (χ0) is 15.2. The molecule has 21 heavy (non-hydrogen) atoms. The van der Waals surface area contributed by atoms with Crippen LogP contribution in [0.1, 0.15) is 42.5 Å². The second kappa shape index (κ2) is 7.03. The predicted octanol–water partition coefficient (Wildman–Crippen LogP) is 2.29. The molecule has 1 aliphatic rings. The maximum atomic E-state index is 12.6. The van der Waals surface area contributed by atoms with Gasteiger partial charge < -0.3 is 10.3 Å². The lowest BCUT2D eigenvalue weighted by molar-refractivity contribution is -0.385. The summed E-state index contributed by atoms with van der Waals surface area (Å²) in [6.45, 7) is 1.30. The van der Waals surface area contributed by atoms with Crippen molar-refractivity contribution in [1.29, 1.82) is 0 Å². The zero-order valence-corrected chi connectivity index (χ0v) is 11.9. The number of anilines is 1. The molecule has 1 fully saturated rings. The highest BCUT2D eigenvalue weighted by Crippen LogP contribution is 2.24. The maximum absolute atomic E-state index is 12.6. The van der Waals surface area contributed by atoms with Gasteiger partial charge in [0.15, 0.2) is 0 Å². The van der Waals surface area contributed by atoms with Crippen LogP contribution in [0.5, 0.6) is 0 Å². The lowest BCUT2D eigenvalue weighted by Gasteiger charge is -2.24. The first kappa shape index (κ1) is 15.2. The van der Waals surface area contributed by atoms with Crippen molar-refractivity contribution in [3.8, 4) is 0 Å². The largest absolute Gasteiger partial charge is 0.338 e. The Morgan fingerprint density at radius 2 is 1.81 bits per heavy atom. The summed E-state index contributed by atoms with van der Waals surface area (Å²) < 4.78 is 0. The van der Waals surface area contributed by atoms with Crippen LogP contribution in [0.25, 0.3) is 0 Å². The van der Waals surface area contributed by atoms with Crippen LogP contribution in [0.4, 0.5) is 11.4 Å². The summed E-state index contributed by atoms with van der Waals surface area (Å²) in [4.78, 5) is 24.9. The Hall–Kier alpha value is -2.15. The van der Waals surface area contributed by atoms with Crippen molar-refractivity contribution >= 4 is 17.3 Å². The van der Waals surface area contributed by atoms with Crippen LogP contribution < -0.4 is 11.3 Å². The quantitative estimate of drug-likeness (QED) is 0.505. The molecule has 114 valence electrons. The van der Waals surface area contributed by atoms with Crippen LogP contribution in [-0.2, 0) is 0 Å². The van der Waals surface area contributed by atoms with Gasteiger partial charge in [-0.25, -0.2) is 0 Å². The number of likely N-dealkylation sites (tertiary alicyclic amines) is 1. The van der Waals surface area contributed by atoms with Crippen LogP contribution in [0, 0.1) is 10.1 Å². The number of hydrogen-bond donors (Lipinski definition) is 2. The molecular formula is C14H20N4O3. The van der Waals surface area contributed by atoms with Crippen molar-refractivity contribution in [1.82, 2.24) is 4.90 Å². The Kier molecular flexibility index (Phi) is 5.10. The van der Waals surface area contributed by atoms with Crippen molar-refractivity contribution in [3.63, 3.8) is 0 Å². The third-order valence-corrected chi connectivity index (χ3v) is 3.73. The number of nitro benzene ring substituents is 1. The van der Waals surface area contributed by atoms with Gasteiger partial charge in [-0.05, 0) is 25.0 Å². The number of carbonyl (C=O) groups excluding carboxylic acids is 1. The molecule has 7 nitrogen and oxygen atoms in total. The Bertz CT molecular complexity index is 525. The summed E-state index contributed by atoms with van der Waals surface area (Å²) in [5.41, 5.74) is 2.82. The minimum absolute atomic E-state index is 0.0935. The van der Waals surface area contributed by atoms with Crippen LogP contribution in [-0.4, -0.2) is 28.8 Å². The first-order valence-corrected chi connectivity index (χ1v) is 7.18. The number of rotatable bonds is 3. The van der Waals surface area contributed by atoms with Gasteiger partial charge in [0.2, 0.25) is 0 Å². The van der Waals surface area contributed by atoms with Gasteiger partial charge in [0.05, 0.1) is 4.92 Å². The van der Waals surface area contributed by atoms with Gasteiger partial charge in [-0.1, -0.05) is 19.3 Å². The average molecular weight is 292 g/mol. The molecular weight excluding hydrogens is 272 g/mol. The van der Waals surface area contributed by atoms with E-state index in [1.807, 2.05) is 0 Å². The van der Waals surface area contributed by atoms with Gasteiger partial charge in [0.25, 0.3) is 11.6 Å². The zero-order valence-electron chi connectivity index (χ0n) is 11.9. The number of nitrogens with one attached hydrogen (secondary N) is 1. The maximum Gasteiger partial charge on any atom is 0.282 e. The van der Waals surface area contributed by atoms with E-state index < -0.39 is 4.92 Å². The molecule has 0 unspecified atom stereocenters. The fourth-order valence-corrected chi connectivity index (χ4v) is 2.58. The molecule has 1 saturated heterocycles. The number of nitro groups is 1. The molecule has 0 atom stereocenters. The van der Waals surface area contributed by atoms with E-state index in [0.717, 1.165) is 25.7 Å². The predicted molar refractivity (Wildman–Crippen MR) is 79.9 cm³/mol. The molecule has 0 saturated carbocycles. The average Bonchev–Trinajstić information content (AvgIpc) is 2.45. The highest BCUT2D eigenvalue weighted by Gasteiger charge is 2.25. The van der Waals surface area contributed by atoms with Gasteiger partial charge in [-0.2, -0.15) is 0 Å². The van der Waals surface area contributed by atoms with Crippen molar-refractivity contribution in [2.75, 3.05) is 18.5 Å². The minimum atomic E-state index is -0.530. The third-order valence-electron chi connectivity index (χ3n) is 3.73. The summed E-state index contributed by atoms with van der Waals surface area (Å²) in [5, 5.41) is 11.1. The number of nitrogens with two attached hydrogens (primary N) is 1. The summed E-state index contributed by atoms with van der Waals surface area (Å²) in [6, 6.07) is 4.24. The van der Waals surface area contributed by atoms with Crippen LogP contribution in [0.15, 0.2) is 18.2 Å². The molecule has 0 aromatic heterocycles. The minimum Gasteiger partial charge on any atom is -0.338 e. The SMILES string of the molecule is NNc1ccc([N+](=O)[O-])c(C(=O)N2CCCCCCC2)c1. The van der Waals surface area contributed by atoms with Crippen molar-refractivity contribution in [3.05, 3.63) is 33.9 Å². The van der Waals surface area contributed by atoms with E-state index in [4.69, 9.17) is 5.84 Å². The summed E-state index contributed by atoms with van der Waals surface area (Å²) >= 11 is 0. The smallest absolute Gasteiger partial charge is 0.282 e. The normalized spacial score (nSPS) is 16.0. The van der Waals surface area contributed by atoms with Gasteiger partial charge in [-0.3, -0.25) is 20.8 Å². The number of hydrazine groups is 1. The highest BCUT2D eigenvalue weighted by atomic mass is 16.6. The number of amides is 1. The fraction of sp³-hybridized carbons (Fsp3) is 0.500. The monoisotopic (exact) mass is 292 g/mol. The lowest BCUT2D eigenvalue weighted by Crippen LogP contribution is -2.34. The Morgan fingerprint density at radius 3 is 2.38 bits per heavy atom. The number of nitrogens with zero attached hydrogens (tertiary/aromatic N) is 2. The topological polar surface area (TPSA) is 101 Å². The highest BCUT2D eigenvalue weighted by molar-refractivity contribution is 5.99. The van der Waals surface area contributed by atoms with E-state index in [1.165, 1.54) is 24.6 Å². The molecule has 7 heteroatoms. The van der Waals surface area contributed by atoms with E-state index in [9.17, 15) is 14.9 Å². The molecule has 1 aliphatic heterocycles. The van der Waals surface area contributed by atoms with Crippen molar-refractivity contribution in [2.45, 2.75) is 32.1 Å². The number of carbonyl (C=O) groups is 1. The fourth-order valence-electron chi connectivity index (χ4n) is 2.58. The van der Waals surface area contributed by atoms with E-state index in [0.29, 0.717) is 18.8 Å². The van der Waals surface area contributed by atoms with E-state index in [2.05, 4.69) is 5.43 Å². The van der Waals surface area contributed by atoms with Crippen molar-refractivity contribution in [2.24, 2.45) is 5.84 Å². The lowest BCUT2D eigenvalue weighted by atomic mass is 10.1. The first-order chi connectivity index (χ1) is 10.1. The van der Waals surface area contributed by atoms with E-state index in [1.54, 1.807) is 4.90 Å². The molecule has 3 N–H and O–H groups in total. The van der Waals surface area contributed by atoms with Crippen LogP contribution >= 0.6 is 0 Å². The van der Waals surface area contributed by atoms with Crippen LogP contribution in [0.2, 0.25) is 0 Å².